The van der Waals surface area contributed by atoms with Crippen molar-refractivity contribution in [3.8, 4) is 5.69 Å². The lowest BCUT2D eigenvalue weighted by molar-refractivity contribution is 0.252. The molecule has 2 aromatic carbocycles. The van der Waals surface area contributed by atoms with Gasteiger partial charge in [-0.1, -0.05) is 30.3 Å². The summed E-state index contributed by atoms with van der Waals surface area (Å²) in [6.07, 6.45) is 1.70. The van der Waals surface area contributed by atoms with E-state index in [9.17, 15) is 4.79 Å². The Morgan fingerprint density at radius 3 is 2.61 bits per heavy atom. The smallest absolute Gasteiger partial charge is 0.320 e. The highest BCUT2D eigenvalue weighted by Gasteiger charge is 2.10. The van der Waals surface area contributed by atoms with Crippen LogP contribution in [0.15, 0.2) is 54.9 Å². The maximum absolute atomic E-state index is 12.0. The number of aryl methyl sites for hydroxylation is 2. The molecular weight excluding hydrogens is 390 g/mol. The van der Waals surface area contributed by atoms with Crippen LogP contribution in [-0.2, 0) is 6.54 Å². The van der Waals surface area contributed by atoms with Crippen molar-refractivity contribution in [2.45, 2.75) is 27.3 Å². The predicted molar refractivity (Wildman–Crippen MR) is 123 cm³/mol. The van der Waals surface area contributed by atoms with Crippen LogP contribution in [0.4, 0.5) is 16.4 Å². The van der Waals surface area contributed by atoms with Crippen LogP contribution in [0.2, 0.25) is 0 Å². The molecule has 8 heteroatoms. The number of aromatic nitrogens is 4. The van der Waals surface area contributed by atoms with Gasteiger partial charge in [0.1, 0.15) is 23.8 Å². The summed E-state index contributed by atoms with van der Waals surface area (Å²) in [6, 6.07) is 15.8. The Labute approximate surface area is 180 Å². The Morgan fingerprint density at radius 2 is 1.90 bits per heavy atom. The number of carbonyl (C=O) groups excluding carboxylic acids is 1. The average Bonchev–Trinajstić information content (AvgIpc) is 3.19. The van der Waals surface area contributed by atoms with E-state index < -0.39 is 0 Å². The Balaban J connectivity index is 1.57. The van der Waals surface area contributed by atoms with E-state index in [0.29, 0.717) is 18.9 Å². The minimum atomic E-state index is -0.271. The molecule has 8 nitrogen and oxygen atoms in total. The molecule has 0 radical (unpaired) electrons. The number of carbonyl (C=O) groups is 1. The van der Waals surface area contributed by atoms with Gasteiger partial charge in [-0.05, 0) is 55.5 Å². The van der Waals surface area contributed by atoms with Gasteiger partial charge in [-0.3, -0.25) is 5.32 Å². The van der Waals surface area contributed by atoms with Crippen LogP contribution in [0.3, 0.4) is 0 Å². The van der Waals surface area contributed by atoms with Gasteiger partial charge in [-0.15, -0.1) is 0 Å². The highest BCUT2D eigenvalue weighted by molar-refractivity contribution is 5.98. The molecule has 2 aromatic heterocycles. The minimum Gasteiger partial charge on any atom is -0.365 e. The summed E-state index contributed by atoms with van der Waals surface area (Å²) in [5.41, 5.74) is 3.18. The fraction of sp³-hybridized carbons (Fsp3) is 0.217. The molecule has 2 amide bonds. The molecule has 0 unspecified atom stereocenters. The van der Waals surface area contributed by atoms with Crippen molar-refractivity contribution < 1.29 is 4.79 Å². The summed E-state index contributed by atoms with van der Waals surface area (Å²) in [7, 11) is 0. The third kappa shape index (κ3) is 4.63. The first-order valence-electron chi connectivity index (χ1n) is 10.2. The summed E-state index contributed by atoms with van der Waals surface area (Å²) in [4.78, 5) is 20.8. The second kappa shape index (κ2) is 8.83. The first-order valence-corrected chi connectivity index (χ1v) is 10.2. The van der Waals surface area contributed by atoms with Crippen LogP contribution in [0.1, 0.15) is 23.9 Å². The van der Waals surface area contributed by atoms with Crippen molar-refractivity contribution >= 4 is 28.4 Å². The van der Waals surface area contributed by atoms with Crippen LogP contribution in [0.5, 0.6) is 0 Å². The van der Waals surface area contributed by atoms with Gasteiger partial charge in [-0.2, -0.15) is 5.10 Å². The van der Waals surface area contributed by atoms with Gasteiger partial charge in [-0.25, -0.2) is 19.4 Å². The Bertz CT molecular complexity index is 1210. The number of nitrogens with zero attached hydrogens (tertiary/aromatic N) is 4. The van der Waals surface area contributed by atoms with Crippen molar-refractivity contribution in [1.82, 2.24) is 25.1 Å². The van der Waals surface area contributed by atoms with E-state index in [0.717, 1.165) is 39.2 Å². The quantitative estimate of drug-likeness (QED) is 0.439. The van der Waals surface area contributed by atoms with Crippen LogP contribution in [-0.4, -0.2) is 32.3 Å². The molecule has 2 heterocycles. The van der Waals surface area contributed by atoms with E-state index in [1.54, 1.807) is 11.0 Å². The van der Waals surface area contributed by atoms with E-state index >= 15 is 0 Å². The van der Waals surface area contributed by atoms with Gasteiger partial charge < -0.3 is 10.6 Å². The van der Waals surface area contributed by atoms with E-state index in [4.69, 9.17) is 0 Å². The van der Waals surface area contributed by atoms with Gasteiger partial charge in [0.15, 0.2) is 0 Å². The lowest BCUT2D eigenvalue weighted by atomic mass is 10.1. The highest BCUT2D eigenvalue weighted by Crippen LogP contribution is 2.28. The Morgan fingerprint density at radius 1 is 1.10 bits per heavy atom. The zero-order valence-electron chi connectivity index (χ0n) is 17.8. The average molecular weight is 416 g/mol. The molecule has 0 aliphatic carbocycles. The molecule has 0 saturated heterocycles. The minimum absolute atomic E-state index is 0.271. The van der Waals surface area contributed by atoms with Crippen LogP contribution in [0, 0.1) is 13.8 Å². The number of pyridine rings is 1. The number of urea groups is 1. The van der Waals surface area contributed by atoms with Crippen molar-refractivity contribution in [3.63, 3.8) is 0 Å². The van der Waals surface area contributed by atoms with Gasteiger partial charge in [0.25, 0.3) is 0 Å². The Hall–Kier alpha value is -3.94. The molecule has 158 valence electrons. The van der Waals surface area contributed by atoms with Crippen molar-refractivity contribution in [2.24, 2.45) is 0 Å². The number of fused-ring (bicyclic) bond motifs is 1. The third-order valence-electron chi connectivity index (χ3n) is 4.91. The van der Waals surface area contributed by atoms with Crippen LogP contribution in [0.25, 0.3) is 16.5 Å². The van der Waals surface area contributed by atoms with Crippen molar-refractivity contribution in [3.05, 3.63) is 71.8 Å². The molecule has 4 aromatic rings. The zero-order chi connectivity index (χ0) is 21.8. The highest BCUT2D eigenvalue weighted by atomic mass is 16.2. The summed E-state index contributed by atoms with van der Waals surface area (Å²) in [6.45, 7) is 6.94. The summed E-state index contributed by atoms with van der Waals surface area (Å²) < 4.78 is 1.75. The summed E-state index contributed by atoms with van der Waals surface area (Å²) in [5, 5.41) is 15.4. The van der Waals surface area contributed by atoms with E-state index in [-0.39, 0.29) is 6.03 Å². The number of hydrogen-bond acceptors (Lipinski definition) is 5. The number of amides is 2. The van der Waals surface area contributed by atoms with Crippen LogP contribution >= 0.6 is 0 Å². The molecular formula is C23H25N7O. The molecule has 3 N–H and O–H groups in total. The molecule has 0 atom stereocenters. The second-order valence-corrected chi connectivity index (χ2v) is 7.27. The van der Waals surface area contributed by atoms with Gasteiger partial charge in [0.2, 0.25) is 0 Å². The van der Waals surface area contributed by atoms with Crippen molar-refractivity contribution in [2.75, 3.05) is 17.2 Å². The third-order valence-corrected chi connectivity index (χ3v) is 4.91. The van der Waals surface area contributed by atoms with Crippen molar-refractivity contribution in [1.29, 1.82) is 0 Å². The number of nitrogens with one attached hydrogen (secondary N) is 3. The van der Waals surface area contributed by atoms with Gasteiger partial charge >= 0.3 is 6.03 Å². The fourth-order valence-corrected chi connectivity index (χ4v) is 3.43. The summed E-state index contributed by atoms with van der Waals surface area (Å²) in [5.74, 6) is 1.97. The number of anilines is 2. The zero-order valence-corrected chi connectivity index (χ0v) is 17.8. The maximum Gasteiger partial charge on any atom is 0.320 e. The largest absolute Gasteiger partial charge is 0.365 e. The topological polar surface area (TPSA) is 96.8 Å². The number of hydrogen-bond donors (Lipinski definition) is 3. The molecule has 0 aliphatic heterocycles. The molecule has 4 rings (SSSR count). The van der Waals surface area contributed by atoms with E-state index in [1.165, 1.54) is 0 Å². The molecule has 0 saturated carbocycles. The number of rotatable bonds is 6. The second-order valence-electron chi connectivity index (χ2n) is 7.27. The molecule has 0 fully saturated rings. The number of benzene rings is 2. The normalized spacial score (nSPS) is 10.8. The standard InChI is InChI=1S/C23H25N7O/c1-4-24-23(31)28-20-12-18-7-5-6-15(2)21(18)22(27-20)25-13-17-8-10-19(11-9-17)30-14-26-16(3)29-30/h5-12,14H,4,13H2,1-3H3,(H3,24,25,27,28,31). The fourth-order valence-electron chi connectivity index (χ4n) is 3.43. The van der Waals surface area contributed by atoms with Gasteiger partial charge in [0.05, 0.1) is 5.69 Å². The predicted octanol–water partition coefficient (Wildman–Crippen LogP) is 4.19. The van der Waals surface area contributed by atoms with E-state index in [1.807, 2.05) is 56.3 Å². The lowest BCUT2D eigenvalue weighted by Gasteiger charge is -2.14. The lowest BCUT2D eigenvalue weighted by Crippen LogP contribution is -2.28. The SMILES string of the molecule is CCNC(=O)Nc1cc2cccc(C)c2c(NCc2ccc(-n3cnc(C)n3)cc2)n1. The maximum atomic E-state index is 12.0. The van der Waals surface area contributed by atoms with Gasteiger partial charge in [0, 0.05) is 18.5 Å². The first kappa shape index (κ1) is 20.3. The molecule has 0 bridgehead atoms. The van der Waals surface area contributed by atoms with E-state index in [2.05, 4.69) is 44.0 Å². The first-order chi connectivity index (χ1) is 15.0. The Kier molecular flexibility index (Phi) is 5.79. The monoisotopic (exact) mass is 415 g/mol. The summed E-state index contributed by atoms with van der Waals surface area (Å²) >= 11 is 0. The molecule has 0 aliphatic rings. The molecule has 0 spiro atoms. The molecule has 31 heavy (non-hydrogen) atoms. The van der Waals surface area contributed by atoms with Crippen LogP contribution < -0.4 is 16.0 Å².